The number of aliphatic hydroxyl groups excluding tert-OH is 4. The van der Waals surface area contributed by atoms with Gasteiger partial charge in [0.2, 0.25) is 0 Å². The quantitative estimate of drug-likeness (QED) is 0.0579. The summed E-state index contributed by atoms with van der Waals surface area (Å²) in [6.07, 6.45) is 12.1. The van der Waals surface area contributed by atoms with Gasteiger partial charge in [-0.1, -0.05) is 94.2 Å². The van der Waals surface area contributed by atoms with Crippen LogP contribution in [0, 0.1) is 17.8 Å². The third kappa shape index (κ3) is 12.8. The average molecular weight is 774 g/mol. The summed E-state index contributed by atoms with van der Waals surface area (Å²) >= 11 is 0. The molecular formula is C47H67NO8. The number of carboxylic acid groups (broad SMARTS) is 1. The van der Waals surface area contributed by atoms with E-state index in [-0.39, 0.29) is 56.0 Å². The molecule has 56 heavy (non-hydrogen) atoms. The lowest BCUT2D eigenvalue weighted by atomic mass is 9.72. The smallest absolute Gasteiger partial charge is 0.303 e. The first-order valence-electron chi connectivity index (χ1n) is 21.0. The third-order valence-corrected chi connectivity index (χ3v) is 11.8. The fraction of sp³-hybridized carbons (Fsp3) is 0.596. The van der Waals surface area contributed by atoms with Gasteiger partial charge in [-0.3, -0.25) is 4.79 Å². The van der Waals surface area contributed by atoms with Crippen molar-refractivity contribution in [1.29, 1.82) is 0 Å². The van der Waals surface area contributed by atoms with Crippen LogP contribution >= 0.6 is 0 Å². The minimum Gasteiger partial charge on any atom is -0.508 e. The zero-order valence-electron chi connectivity index (χ0n) is 33.8. The molecule has 0 fully saturated rings. The molecule has 9 heteroatoms. The molecule has 8 N–H and O–H groups in total. The van der Waals surface area contributed by atoms with Gasteiger partial charge in [-0.15, -0.1) is 0 Å². The minimum atomic E-state index is -1.43. The number of β-amino-alcohol motifs (C(OH)–C–C–N with tert-alkyl or cyclic N) is 1. The molecule has 1 heterocycles. The van der Waals surface area contributed by atoms with Crippen LogP contribution in [0.5, 0.6) is 5.75 Å². The summed E-state index contributed by atoms with van der Waals surface area (Å²) < 4.78 is 0. The van der Waals surface area contributed by atoms with Crippen molar-refractivity contribution < 1.29 is 40.5 Å². The normalized spacial score (nSPS) is 24.0. The first kappa shape index (κ1) is 45.2. The van der Waals surface area contributed by atoms with Gasteiger partial charge >= 0.3 is 5.97 Å². The second-order valence-corrected chi connectivity index (χ2v) is 16.2. The fourth-order valence-corrected chi connectivity index (χ4v) is 8.75. The molecule has 1 aliphatic carbocycles. The van der Waals surface area contributed by atoms with E-state index >= 15 is 0 Å². The molecule has 2 aliphatic rings. The van der Waals surface area contributed by atoms with E-state index in [0.717, 1.165) is 61.7 Å². The monoisotopic (exact) mass is 773 g/mol. The van der Waals surface area contributed by atoms with E-state index in [9.17, 15) is 40.5 Å². The van der Waals surface area contributed by atoms with Gasteiger partial charge in [-0.2, -0.15) is 0 Å². The SMILES string of the molecule is CCCCCC(O)C=CC1=C(CC(O)CO)C2NCC(C)(O)C(c3ccc(O)cc3CCO)C#CC(CC2CCCCCC(=O)O)c2c(CC)cccc2CC1. The van der Waals surface area contributed by atoms with Crippen LogP contribution in [-0.4, -0.2) is 85.3 Å². The van der Waals surface area contributed by atoms with Crippen molar-refractivity contribution in [3.63, 3.8) is 0 Å². The molecule has 308 valence electrons. The summed E-state index contributed by atoms with van der Waals surface area (Å²) in [7, 11) is 0. The second kappa shape index (κ2) is 22.4. The standard InChI is InChI=1S/C47H67NO8/c1-4-6-8-15-38(51)21-19-33-17-18-34-14-11-13-32(5-2)45(34)36-20-24-43(41-23-22-39(52)28-35(41)25-26-49)47(3,56)31-48-46(42(33)29-40(53)30-50)37(27-36)12-9-7-10-16-44(54)55/h11,13-14,19,21-23,28,36-38,40,43,46,48-53,56H,4-10,12,15-18,25-27,29-31H2,1-3H3,(H,54,55). The van der Waals surface area contributed by atoms with E-state index in [2.05, 4.69) is 49.2 Å². The topological polar surface area (TPSA) is 171 Å². The number of allylic oxidation sites excluding steroid dienone is 2. The van der Waals surface area contributed by atoms with E-state index < -0.39 is 36.3 Å². The molecule has 2 aromatic carbocycles. The van der Waals surface area contributed by atoms with Gasteiger partial charge in [0.25, 0.3) is 0 Å². The molecule has 7 unspecified atom stereocenters. The van der Waals surface area contributed by atoms with Crippen molar-refractivity contribution in [2.45, 2.75) is 153 Å². The molecule has 0 radical (unpaired) electrons. The summed E-state index contributed by atoms with van der Waals surface area (Å²) in [5, 5.41) is 78.4. The first-order valence-corrected chi connectivity index (χ1v) is 21.0. The molecule has 0 saturated heterocycles. The van der Waals surface area contributed by atoms with Gasteiger partial charge in [-0.25, -0.2) is 0 Å². The van der Waals surface area contributed by atoms with Crippen LogP contribution in [0.3, 0.4) is 0 Å². The van der Waals surface area contributed by atoms with Crippen molar-refractivity contribution >= 4 is 5.97 Å². The highest BCUT2D eigenvalue weighted by Gasteiger charge is 2.39. The summed E-state index contributed by atoms with van der Waals surface area (Å²) in [4.78, 5) is 11.4. The van der Waals surface area contributed by atoms with Crippen LogP contribution in [-0.2, 0) is 24.1 Å². The van der Waals surface area contributed by atoms with E-state index in [4.69, 9.17) is 0 Å². The highest BCUT2D eigenvalue weighted by Crippen LogP contribution is 2.41. The number of hydrogen-bond donors (Lipinski definition) is 8. The van der Waals surface area contributed by atoms with E-state index in [1.54, 1.807) is 25.1 Å². The van der Waals surface area contributed by atoms with Crippen LogP contribution in [0.2, 0.25) is 0 Å². The lowest BCUT2D eigenvalue weighted by Gasteiger charge is -2.40. The molecule has 1 aliphatic heterocycles. The number of carbonyl (C=O) groups is 1. The Morgan fingerprint density at radius 1 is 1.02 bits per heavy atom. The van der Waals surface area contributed by atoms with Gasteiger partial charge in [-0.05, 0) is 122 Å². The van der Waals surface area contributed by atoms with Gasteiger partial charge in [0, 0.05) is 31.5 Å². The molecule has 0 saturated carbocycles. The van der Waals surface area contributed by atoms with Gasteiger partial charge in [0.05, 0.1) is 30.3 Å². The Balaban J connectivity index is 2.00. The molecule has 0 aromatic heterocycles. The molecule has 2 aromatic rings. The zero-order valence-corrected chi connectivity index (χ0v) is 33.8. The maximum Gasteiger partial charge on any atom is 0.303 e. The Hall–Kier alpha value is -3.49. The molecule has 9 nitrogen and oxygen atoms in total. The van der Waals surface area contributed by atoms with Crippen LogP contribution in [0.25, 0.3) is 0 Å². The summed E-state index contributed by atoms with van der Waals surface area (Å²) in [6.45, 7) is 5.63. The molecule has 0 spiro atoms. The highest BCUT2D eigenvalue weighted by atomic mass is 16.4. The second-order valence-electron chi connectivity index (χ2n) is 16.2. The number of rotatable bonds is 19. The van der Waals surface area contributed by atoms with Crippen LogP contribution < -0.4 is 5.32 Å². The number of phenolic OH excluding ortho intramolecular Hbond substituents is 1. The number of fused-ring (bicyclic) bond motifs is 5. The summed E-state index contributed by atoms with van der Waals surface area (Å²) in [6, 6.07) is 11.1. The predicted octanol–water partition coefficient (Wildman–Crippen LogP) is 6.61. The Kier molecular flexibility index (Phi) is 18.1. The Morgan fingerprint density at radius 3 is 2.54 bits per heavy atom. The number of benzene rings is 2. The maximum atomic E-state index is 12.5. The van der Waals surface area contributed by atoms with Crippen LogP contribution in [0.1, 0.15) is 137 Å². The number of aryl methyl sites for hydroxylation is 2. The van der Waals surface area contributed by atoms with Crippen LogP contribution in [0.4, 0.5) is 0 Å². The predicted molar refractivity (Wildman–Crippen MR) is 222 cm³/mol. The number of aliphatic hydroxyl groups is 5. The van der Waals surface area contributed by atoms with Crippen molar-refractivity contribution in [1.82, 2.24) is 5.32 Å². The molecule has 4 rings (SSSR count). The lowest BCUT2D eigenvalue weighted by Crippen LogP contribution is -2.50. The minimum absolute atomic E-state index is 0.0419. The maximum absolute atomic E-state index is 12.5. The molecule has 7 atom stereocenters. The number of unbranched alkanes of at least 4 members (excludes halogenated alkanes) is 4. The van der Waals surface area contributed by atoms with E-state index in [1.165, 1.54) is 16.7 Å². The first-order chi connectivity index (χ1) is 26.9. The number of nitrogens with one attached hydrogen (secondary N) is 1. The zero-order chi connectivity index (χ0) is 40.7. The van der Waals surface area contributed by atoms with Crippen LogP contribution in [0.15, 0.2) is 59.7 Å². The number of phenols is 1. The Morgan fingerprint density at radius 2 is 1.82 bits per heavy atom. The lowest BCUT2D eigenvalue weighted by molar-refractivity contribution is -0.137. The van der Waals surface area contributed by atoms with Crippen molar-refractivity contribution in [3.8, 4) is 17.6 Å². The van der Waals surface area contributed by atoms with Crippen molar-refractivity contribution in [2.24, 2.45) is 5.92 Å². The molecule has 0 amide bonds. The number of aliphatic carboxylic acids is 1. The van der Waals surface area contributed by atoms with Gasteiger partial charge in [0.1, 0.15) is 5.75 Å². The summed E-state index contributed by atoms with van der Waals surface area (Å²) in [5.41, 5.74) is 5.52. The largest absolute Gasteiger partial charge is 0.508 e. The average Bonchev–Trinajstić information content (AvgIpc) is 3.16. The molecular weight excluding hydrogens is 707 g/mol. The third-order valence-electron chi connectivity index (χ3n) is 11.8. The number of carboxylic acids is 1. The van der Waals surface area contributed by atoms with E-state index in [0.29, 0.717) is 37.7 Å². The summed E-state index contributed by atoms with van der Waals surface area (Å²) in [5.74, 6) is 5.58. The van der Waals surface area contributed by atoms with Crippen molar-refractivity contribution in [3.05, 3.63) is 87.5 Å². The van der Waals surface area contributed by atoms with Gasteiger partial charge in [0.15, 0.2) is 0 Å². The molecule has 2 bridgehead atoms. The fourth-order valence-electron chi connectivity index (χ4n) is 8.75. The number of hydrogen-bond acceptors (Lipinski definition) is 8. The Labute approximate surface area is 334 Å². The van der Waals surface area contributed by atoms with Gasteiger partial charge < -0.3 is 41.1 Å². The van der Waals surface area contributed by atoms with E-state index in [1.807, 2.05) is 12.2 Å². The Bertz CT molecular complexity index is 1690. The van der Waals surface area contributed by atoms with Crippen molar-refractivity contribution in [2.75, 3.05) is 19.8 Å². The highest BCUT2D eigenvalue weighted by molar-refractivity contribution is 5.66. The number of aromatic hydroxyl groups is 1.